The van der Waals surface area contributed by atoms with Crippen molar-refractivity contribution in [1.29, 1.82) is 0 Å². The first-order valence-electron chi connectivity index (χ1n) is 5.73. The van der Waals surface area contributed by atoms with Crippen molar-refractivity contribution in [3.63, 3.8) is 0 Å². The zero-order valence-corrected chi connectivity index (χ0v) is 10.4. The van der Waals surface area contributed by atoms with E-state index >= 15 is 0 Å². The standard InChI is InChI=1S/C14H7BF6/c15-12-3-1-2-8(6-12)9-4-10(13(16,17)18)7-11(5-9)14(19,20)21/h1-7H. The van der Waals surface area contributed by atoms with Gasteiger partial charge < -0.3 is 0 Å². The molecular formula is C14H7BF6. The topological polar surface area (TPSA) is 0 Å². The van der Waals surface area contributed by atoms with E-state index in [2.05, 4.69) is 0 Å². The number of alkyl halides is 6. The quantitative estimate of drug-likeness (QED) is 0.547. The predicted octanol–water partition coefficient (Wildman–Crippen LogP) is 4.19. The molecule has 0 saturated carbocycles. The lowest BCUT2D eigenvalue weighted by Crippen LogP contribution is -2.11. The monoisotopic (exact) mass is 300 g/mol. The molecule has 0 nitrogen and oxygen atoms in total. The van der Waals surface area contributed by atoms with Gasteiger partial charge in [0.1, 0.15) is 7.85 Å². The highest BCUT2D eigenvalue weighted by molar-refractivity contribution is 6.32. The van der Waals surface area contributed by atoms with E-state index in [0.29, 0.717) is 12.1 Å². The van der Waals surface area contributed by atoms with Gasteiger partial charge in [0.25, 0.3) is 0 Å². The molecule has 2 radical (unpaired) electrons. The molecule has 0 heterocycles. The molecule has 2 rings (SSSR count). The van der Waals surface area contributed by atoms with E-state index < -0.39 is 23.5 Å². The number of hydrogen-bond donors (Lipinski definition) is 0. The summed E-state index contributed by atoms with van der Waals surface area (Å²) in [7, 11) is 5.50. The zero-order chi connectivity index (χ0) is 15.8. The fourth-order valence-electron chi connectivity index (χ4n) is 1.84. The molecule has 0 atom stereocenters. The Bertz CT molecular complexity index is 625. The average Bonchev–Trinajstić information content (AvgIpc) is 2.36. The number of benzene rings is 2. The van der Waals surface area contributed by atoms with Gasteiger partial charge in [0.2, 0.25) is 0 Å². The Kier molecular flexibility index (Phi) is 3.78. The first-order chi connectivity index (χ1) is 9.57. The average molecular weight is 300 g/mol. The van der Waals surface area contributed by atoms with E-state index in [-0.39, 0.29) is 22.7 Å². The Hall–Kier alpha value is -1.92. The smallest absolute Gasteiger partial charge is 0.166 e. The van der Waals surface area contributed by atoms with E-state index in [1.165, 1.54) is 24.3 Å². The second kappa shape index (κ2) is 5.13. The van der Waals surface area contributed by atoms with Gasteiger partial charge in [-0.1, -0.05) is 29.7 Å². The van der Waals surface area contributed by atoms with Gasteiger partial charge in [-0.25, -0.2) is 0 Å². The Labute approximate surface area is 117 Å². The van der Waals surface area contributed by atoms with Crippen LogP contribution in [-0.4, -0.2) is 7.85 Å². The second-order valence-corrected chi connectivity index (χ2v) is 4.42. The minimum Gasteiger partial charge on any atom is -0.166 e. The SMILES string of the molecule is [B]c1cccc(-c2cc(C(F)(F)F)cc(C(F)(F)F)c2)c1. The van der Waals surface area contributed by atoms with Gasteiger partial charge in [-0.3, -0.25) is 0 Å². The molecule has 2 aromatic carbocycles. The summed E-state index contributed by atoms with van der Waals surface area (Å²) in [4.78, 5) is 0. The van der Waals surface area contributed by atoms with Crippen molar-refractivity contribution in [2.45, 2.75) is 12.4 Å². The first kappa shape index (κ1) is 15.5. The molecule has 0 amide bonds. The highest BCUT2D eigenvalue weighted by Crippen LogP contribution is 2.38. The lowest BCUT2D eigenvalue weighted by molar-refractivity contribution is -0.143. The molecule has 21 heavy (non-hydrogen) atoms. The summed E-state index contributed by atoms with van der Waals surface area (Å²) in [6.07, 6.45) is -9.73. The van der Waals surface area contributed by atoms with Crippen LogP contribution in [0.2, 0.25) is 0 Å². The fraction of sp³-hybridized carbons (Fsp3) is 0.143. The number of hydrogen-bond acceptors (Lipinski definition) is 0. The molecule has 0 aliphatic heterocycles. The third kappa shape index (κ3) is 3.59. The maximum atomic E-state index is 12.7. The van der Waals surface area contributed by atoms with Crippen LogP contribution in [0, 0.1) is 0 Å². The molecule has 0 aliphatic carbocycles. The summed E-state index contributed by atoms with van der Waals surface area (Å²) in [5, 5.41) is 0. The van der Waals surface area contributed by atoms with E-state index in [4.69, 9.17) is 7.85 Å². The number of halogens is 6. The van der Waals surface area contributed by atoms with Gasteiger partial charge in [0.15, 0.2) is 0 Å². The van der Waals surface area contributed by atoms with E-state index in [0.717, 1.165) is 0 Å². The molecule has 108 valence electrons. The zero-order valence-electron chi connectivity index (χ0n) is 10.4. The lowest BCUT2D eigenvalue weighted by Gasteiger charge is -2.14. The fourth-order valence-corrected chi connectivity index (χ4v) is 1.84. The Morgan fingerprint density at radius 2 is 1.19 bits per heavy atom. The van der Waals surface area contributed by atoms with Crippen molar-refractivity contribution in [3.05, 3.63) is 53.6 Å². The van der Waals surface area contributed by atoms with Crippen LogP contribution in [0.4, 0.5) is 26.3 Å². The summed E-state index contributed by atoms with van der Waals surface area (Å²) >= 11 is 0. The molecule has 0 aromatic heterocycles. The highest BCUT2D eigenvalue weighted by Gasteiger charge is 2.36. The Morgan fingerprint density at radius 1 is 0.667 bits per heavy atom. The van der Waals surface area contributed by atoms with Crippen LogP contribution < -0.4 is 5.46 Å². The van der Waals surface area contributed by atoms with Crippen LogP contribution in [0.15, 0.2) is 42.5 Å². The van der Waals surface area contributed by atoms with Gasteiger partial charge in [-0.2, -0.15) is 26.3 Å². The Morgan fingerprint density at radius 3 is 1.62 bits per heavy atom. The summed E-state index contributed by atoms with van der Waals surface area (Å²) in [5.41, 5.74) is -2.46. The summed E-state index contributed by atoms with van der Waals surface area (Å²) in [6.45, 7) is 0. The molecule has 0 spiro atoms. The maximum absolute atomic E-state index is 12.7. The largest absolute Gasteiger partial charge is 0.416 e. The van der Waals surface area contributed by atoms with Gasteiger partial charge in [-0.15, -0.1) is 0 Å². The van der Waals surface area contributed by atoms with Crippen molar-refractivity contribution in [1.82, 2.24) is 0 Å². The molecule has 7 heteroatoms. The predicted molar refractivity (Wildman–Crippen MR) is 67.3 cm³/mol. The molecule has 0 unspecified atom stereocenters. The molecule has 0 saturated heterocycles. The minimum atomic E-state index is -4.86. The maximum Gasteiger partial charge on any atom is 0.416 e. The first-order valence-corrected chi connectivity index (χ1v) is 5.73. The van der Waals surface area contributed by atoms with Crippen LogP contribution in [0.1, 0.15) is 11.1 Å². The Balaban J connectivity index is 2.66. The third-order valence-corrected chi connectivity index (χ3v) is 2.81. The molecular weight excluding hydrogens is 293 g/mol. The van der Waals surface area contributed by atoms with Crippen molar-refractivity contribution in [3.8, 4) is 11.1 Å². The van der Waals surface area contributed by atoms with Crippen LogP contribution in [-0.2, 0) is 12.4 Å². The van der Waals surface area contributed by atoms with Crippen LogP contribution >= 0.6 is 0 Å². The molecule has 0 N–H and O–H groups in total. The molecule has 0 aliphatic rings. The van der Waals surface area contributed by atoms with Gasteiger partial charge in [-0.05, 0) is 29.3 Å². The van der Waals surface area contributed by atoms with Gasteiger partial charge in [0, 0.05) is 0 Å². The minimum absolute atomic E-state index is 0.0931. The van der Waals surface area contributed by atoms with Crippen molar-refractivity contribution in [2.75, 3.05) is 0 Å². The van der Waals surface area contributed by atoms with Gasteiger partial charge >= 0.3 is 12.4 Å². The summed E-state index contributed by atoms with van der Waals surface area (Å²) < 4.78 is 76.4. The van der Waals surface area contributed by atoms with Crippen LogP contribution in [0.25, 0.3) is 11.1 Å². The van der Waals surface area contributed by atoms with E-state index in [1.807, 2.05) is 0 Å². The third-order valence-electron chi connectivity index (χ3n) is 2.81. The van der Waals surface area contributed by atoms with Crippen molar-refractivity contribution >= 4 is 13.3 Å². The lowest BCUT2D eigenvalue weighted by atomic mass is 9.91. The number of rotatable bonds is 1. The van der Waals surface area contributed by atoms with Crippen LogP contribution in [0.5, 0.6) is 0 Å². The van der Waals surface area contributed by atoms with Crippen molar-refractivity contribution < 1.29 is 26.3 Å². The summed E-state index contributed by atoms with van der Waals surface area (Å²) in [6, 6.07) is 7.09. The molecule has 0 fully saturated rings. The second-order valence-electron chi connectivity index (χ2n) is 4.42. The van der Waals surface area contributed by atoms with E-state index in [1.54, 1.807) is 0 Å². The molecule has 0 bridgehead atoms. The normalized spacial score (nSPS) is 12.5. The van der Waals surface area contributed by atoms with Gasteiger partial charge in [0.05, 0.1) is 11.1 Å². The summed E-state index contributed by atoms with van der Waals surface area (Å²) in [5.74, 6) is 0. The highest BCUT2D eigenvalue weighted by atomic mass is 19.4. The van der Waals surface area contributed by atoms with Crippen molar-refractivity contribution in [2.24, 2.45) is 0 Å². The van der Waals surface area contributed by atoms with Crippen LogP contribution in [0.3, 0.4) is 0 Å². The molecule has 2 aromatic rings. The van der Waals surface area contributed by atoms with E-state index in [9.17, 15) is 26.3 Å².